The van der Waals surface area contributed by atoms with Crippen LogP contribution in [0.2, 0.25) is 0 Å². The standard InChI is InChI=1S/C9H19NO2S2/c1-8(13-2)3-5-10-9-4-6-14(11,12)7-9/h8-10H,3-7H2,1-2H3. The summed E-state index contributed by atoms with van der Waals surface area (Å²) in [6, 6.07) is 0.203. The molecule has 1 rings (SSSR count). The number of hydrogen-bond donors (Lipinski definition) is 1. The maximum absolute atomic E-state index is 11.2. The SMILES string of the molecule is CSC(C)CCNC1CCS(=O)(=O)C1. The van der Waals surface area contributed by atoms with Gasteiger partial charge in [0.2, 0.25) is 0 Å². The van der Waals surface area contributed by atoms with Gasteiger partial charge in [0.05, 0.1) is 11.5 Å². The minimum atomic E-state index is -2.72. The summed E-state index contributed by atoms with van der Waals surface area (Å²) in [4.78, 5) is 0. The van der Waals surface area contributed by atoms with Gasteiger partial charge in [0.25, 0.3) is 0 Å². The maximum Gasteiger partial charge on any atom is 0.151 e. The topological polar surface area (TPSA) is 46.2 Å². The monoisotopic (exact) mass is 237 g/mol. The third kappa shape index (κ3) is 4.19. The lowest BCUT2D eigenvalue weighted by molar-refractivity contribution is 0.542. The molecule has 1 heterocycles. The Kier molecular flexibility index (Phi) is 4.73. The number of hydrogen-bond acceptors (Lipinski definition) is 4. The van der Waals surface area contributed by atoms with Crippen molar-refractivity contribution in [2.45, 2.75) is 31.1 Å². The van der Waals surface area contributed by atoms with Crippen molar-refractivity contribution in [3.63, 3.8) is 0 Å². The van der Waals surface area contributed by atoms with Crippen molar-refractivity contribution in [1.82, 2.24) is 5.32 Å². The van der Waals surface area contributed by atoms with Crippen LogP contribution in [-0.2, 0) is 9.84 Å². The zero-order chi connectivity index (χ0) is 10.6. The molecule has 2 unspecified atom stereocenters. The molecule has 2 atom stereocenters. The predicted octanol–water partition coefficient (Wildman–Crippen LogP) is 0.905. The van der Waals surface area contributed by atoms with Crippen LogP contribution in [0.5, 0.6) is 0 Å². The van der Waals surface area contributed by atoms with E-state index in [1.807, 2.05) is 11.8 Å². The molecule has 5 heteroatoms. The van der Waals surface area contributed by atoms with Crippen molar-refractivity contribution in [3.05, 3.63) is 0 Å². The Labute approximate surface area is 91.0 Å². The van der Waals surface area contributed by atoms with Crippen LogP contribution in [0, 0.1) is 0 Å². The van der Waals surface area contributed by atoms with Crippen LogP contribution >= 0.6 is 11.8 Å². The van der Waals surface area contributed by atoms with Crippen molar-refractivity contribution in [3.8, 4) is 0 Å². The number of nitrogens with one attached hydrogen (secondary N) is 1. The highest BCUT2D eigenvalue weighted by Gasteiger charge is 2.26. The third-order valence-electron chi connectivity index (χ3n) is 2.62. The van der Waals surface area contributed by atoms with E-state index >= 15 is 0 Å². The summed E-state index contributed by atoms with van der Waals surface area (Å²) in [5.74, 6) is 0.698. The van der Waals surface area contributed by atoms with Crippen molar-refractivity contribution in [1.29, 1.82) is 0 Å². The number of rotatable bonds is 5. The summed E-state index contributed by atoms with van der Waals surface area (Å²) in [5.41, 5.74) is 0. The van der Waals surface area contributed by atoms with Gasteiger partial charge < -0.3 is 5.32 Å². The van der Waals surface area contributed by atoms with Crippen LogP contribution in [-0.4, -0.2) is 44.0 Å². The molecule has 0 aromatic rings. The van der Waals surface area contributed by atoms with E-state index in [4.69, 9.17) is 0 Å². The normalized spacial score (nSPS) is 27.7. The van der Waals surface area contributed by atoms with E-state index in [0.717, 1.165) is 19.4 Å². The molecule has 0 amide bonds. The summed E-state index contributed by atoms with van der Waals surface area (Å²) in [5, 5.41) is 3.96. The summed E-state index contributed by atoms with van der Waals surface area (Å²) >= 11 is 1.85. The molecule has 0 aliphatic carbocycles. The van der Waals surface area contributed by atoms with Crippen LogP contribution in [0.4, 0.5) is 0 Å². The minimum absolute atomic E-state index is 0.203. The lowest BCUT2D eigenvalue weighted by atomic mass is 10.2. The van der Waals surface area contributed by atoms with Crippen LogP contribution in [0.1, 0.15) is 19.8 Å². The predicted molar refractivity (Wildman–Crippen MR) is 62.7 cm³/mol. The highest BCUT2D eigenvalue weighted by molar-refractivity contribution is 7.99. The van der Waals surface area contributed by atoms with Gasteiger partial charge in [0, 0.05) is 11.3 Å². The van der Waals surface area contributed by atoms with Gasteiger partial charge in [-0.1, -0.05) is 6.92 Å². The molecule has 3 nitrogen and oxygen atoms in total. The van der Waals surface area contributed by atoms with Crippen molar-refractivity contribution >= 4 is 21.6 Å². The van der Waals surface area contributed by atoms with Gasteiger partial charge in [-0.05, 0) is 25.6 Å². The lowest BCUT2D eigenvalue weighted by Crippen LogP contribution is -2.31. The van der Waals surface area contributed by atoms with Crippen molar-refractivity contribution in [2.75, 3.05) is 24.3 Å². The van der Waals surface area contributed by atoms with Crippen LogP contribution < -0.4 is 5.32 Å². The molecular weight excluding hydrogens is 218 g/mol. The molecule has 0 bridgehead atoms. The van der Waals surface area contributed by atoms with E-state index in [1.165, 1.54) is 0 Å². The van der Waals surface area contributed by atoms with Gasteiger partial charge in [0.15, 0.2) is 9.84 Å². The summed E-state index contributed by atoms with van der Waals surface area (Å²) in [7, 11) is -2.72. The van der Waals surface area contributed by atoms with E-state index in [9.17, 15) is 8.42 Å². The first-order valence-corrected chi connectivity index (χ1v) is 8.11. The fraction of sp³-hybridized carbons (Fsp3) is 1.00. The minimum Gasteiger partial charge on any atom is -0.313 e. The van der Waals surface area contributed by atoms with Crippen LogP contribution in [0.15, 0.2) is 0 Å². The molecule has 0 aromatic heterocycles. The Morgan fingerprint density at radius 1 is 1.57 bits per heavy atom. The second-order valence-corrected chi connectivity index (χ2v) is 7.39. The molecule has 1 saturated heterocycles. The van der Waals surface area contributed by atoms with Gasteiger partial charge >= 0.3 is 0 Å². The van der Waals surface area contributed by atoms with Crippen molar-refractivity contribution < 1.29 is 8.42 Å². The number of thioether (sulfide) groups is 1. The molecule has 14 heavy (non-hydrogen) atoms. The number of sulfone groups is 1. The van der Waals surface area contributed by atoms with Gasteiger partial charge in [-0.3, -0.25) is 0 Å². The fourth-order valence-corrected chi connectivity index (χ4v) is 3.63. The van der Waals surface area contributed by atoms with Crippen LogP contribution in [0.25, 0.3) is 0 Å². The van der Waals surface area contributed by atoms with E-state index in [0.29, 0.717) is 16.8 Å². The molecule has 1 aliphatic heterocycles. The maximum atomic E-state index is 11.2. The van der Waals surface area contributed by atoms with E-state index in [1.54, 1.807) is 0 Å². The first kappa shape index (κ1) is 12.3. The molecule has 1 N–H and O–H groups in total. The summed E-state index contributed by atoms with van der Waals surface area (Å²) < 4.78 is 22.3. The van der Waals surface area contributed by atoms with Gasteiger partial charge in [-0.15, -0.1) is 0 Å². The fourth-order valence-electron chi connectivity index (χ4n) is 1.56. The first-order chi connectivity index (χ1) is 6.53. The largest absolute Gasteiger partial charge is 0.313 e. The Bertz CT molecular complexity index is 264. The van der Waals surface area contributed by atoms with E-state index < -0.39 is 9.84 Å². The quantitative estimate of drug-likeness (QED) is 0.772. The first-order valence-electron chi connectivity index (χ1n) is 5.00. The Morgan fingerprint density at radius 2 is 2.29 bits per heavy atom. The lowest BCUT2D eigenvalue weighted by Gasteiger charge is -2.12. The van der Waals surface area contributed by atoms with Gasteiger partial charge in [-0.25, -0.2) is 8.42 Å². The highest BCUT2D eigenvalue weighted by atomic mass is 32.2. The summed E-state index contributed by atoms with van der Waals surface area (Å²) in [6.07, 6.45) is 4.00. The van der Waals surface area contributed by atoms with E-state index in [-0.39, 0.29) is 6.04 Å². The van der Waals surface area contributed by atoms with E-state index in [2.05, 4.69) is 18.5 Å². The molecule has 0 saturated carbocycles. The molecule has 0 spiro atoms. The zero-order valence-corrected chi connectivity index (χ0v) is 10.5. The Morgan fingerprint density at radius 3 is 2.79 bits per heavy atom. The zero-order valence-electron chi connectivity index (χ0n) is 8.82. The molecule has 84 valence electrons. The Balaban J connectivity index is 2.15. The second kappa shape index (κ2) is 5.37. The third-order valence-corrected chi connectivity index (χ3v) is 5.43. The van der Waals surface area contributed by atoms with Gasteiger partial charge in [-0.2, -0.15) is 11.8 Å². The second-order valence-electron chi connectivity index (χ2n) is 3.89. The van der Waals surface area contributed by atoms with Gasteiger partial charge in [0.1, 0.15) is 0 Å². The van der Waals surface area contributed by atoms with Crippen LogP contribution in [0.3, 0.4) is 0 Å². The highest BCUT2D eigenvalue weighted by Crippen LogP contribution is 2.12. The van der Waals surface area contributed by atoms with Crippen molar-refractivity contribution in [2.24, 2.45) is 0 Å². The molecule has 1 fully saturated rings. The molecule has 1 aliphatic rings. The summed E-state index contributed by atoms with van der Waals surface area (Å²) in [6.45, 7) is 3.12. The average molecular weight is 237 g/mol. The molecular formula is C9H19NO2S2. The average Bonchev–Trinajstić information content (AvgIpc) is 2.45. The molecule has 0 aromatic carbocycles. The molecule has 0 radical (unpaired) electrons. The Hall–Kier alpha value is 0.260. The smallest absolute Gasteiger partial charge is 0.151 e.